The number of rotatable bonds is 16. The van der Waals surface area contributed by atoms with Crippen LogP contribution in [0, 0.1) is 0 Å². The van der Waals surface area contributed by atoms with Gasteiger partial charge in [-0.2, -0.15) is 0 Å². The van der Waals surface area contributed by atoms with Crippen LogP contribution in [-0.2, 0) is 74.2 Å². The molecule has 136 heavy (non-hydrogen) atoms. The van der Waals surface area contributed by atoms with Crippen LogP contribution in [0.25, 0.3) is 88.6 Å². The summed E-state index contributed by atoms with van der Waals surface area (Å²) in [5.41, 5.74) is 10.9. The van der Waals surface area contributed by atoms with Crippen molar-refractivity contribution in [2.75, 3.05) is 28.2 Å². The molecule has 30 nitrogen and oxygen atoms in total. The van der Waals surface area contributed by atoms with Gasteiger partial charge in [0, 0.05) is 118 Å². The van der Waals surface area contributed by atoms with Crippen LogP contribution in [0.5, 0.6) is 0 Å². The van der Waals surface area contributed by atoms with Crippen LogP contribution in [-0.4, -0.2) is 175 Å². The number of carbonyl (C=O) groups is 8. The summed E-state index contributed by atoms with van der Waals surface area (Å²) in [5, 5.41) is 9.11. The van der Waals surface area contributed by atoms with Crippen LogP contribution in [0.1, 0.15) is 269 Å². The number of fused-ring (bicyclic) bond motifs is 8. The van der Waals surface area contributed by atoms with E-state index in [0.29, 0.717) is 138 Å². The van der Waals surface area contributed by atoms with E-state index < -0.39 is 37.6 Å². The molecule has 12 aliphatic rings. The van der Waals surface area contributed by atoms with Gasteiger partial charge in [0.15, 0.2) is 0 Å². The average Bonchev–Trinajstić information content (AvgIpc) is 1.57. The Balaban J connectivity index is 0.000000108. The van der Waals surface area contributed by atoms with Crippen molar-refractivity contribution in [3.8, 4) is 45.0 Å². The third-order valence-corrected chi connectivity index (χ3v) is 28.2. The summed E-state index contributed by atoms with van der Waals surface area (Å²) in [4.78, 5) is 151. The second kappa shape index (κ2) is 34.3. The maximum absolute atomic E-state index is 14.1. The van der Waals surface area contributed by atoms with Crippen molar-refractivity contribution in [1.29, 1.82) is 0 Å². The molecule has 4 aromatic carbocycles. The highest BCUT2D eigenvalue weighted by Crippen LogP contribution is 2.52. The molecule has 8 aromatic heterocycles. The van der Waals surface area contributed by atoms with Gasteiger partial charge in [0.05, 0.1) is 178 Å². The Morgan fingerprint density at radius 1 is 0.316 bits per heavy atom. The third-order valence-electron chi connectivity index (χ3n) is 26.8. The molecule has 696 valence electrons. The average molecular weight is 1890 g/mol. The van der Waals surface area contributed by atoms with Crippen LogP contribution < -0.4 is 0 Å². The van der Waals surface area contributed by atoms with Gasteiger partial charge in [-0.3, -0.25) is 28.8 Å². The maximum atomic E-state index is 14.1. The second-order valence-electron chi connectivity index (χ2n) is 36.2. The van der Waals surface area contributed by atoms with Gasteiger partial charge >= 0.3 is 11.9 Å². The van der Waals surface area contributed by atoms with Crippen molar-refractivity contribution in [3.63, 3.8) is 0 Å². The number of likely N-dealkylation sites (N-methyl/N-ethyl adjacent to an activating group) is 4. The maximum Gasteiger partial charge on any atom is 0.341 e. The Labute approximate surface area is 777 Å². The summed E-state index contributed by atoms with van der Waals surface area (Å²) in [6.45, 7) is 9.08. The van der Waals surface area contributed by atoms with Crippen molar-refractivity contribution in [2.45, 2.75) is 204 Å². The highest BCUT2D eigenvalue weighted by Gasteiger charge is 2.46. The number of benzene rings is 4. The number of oxime groups is 2. The zero-order valence-electron chi connectivity index (χ0n) is 74.3. The fraction of sp³-hybridized carbons (Fsp3) is 0.375. The molecule has 4 aliphatic carbocycles. The highest BCUT2D eigenvalue weighted by atomic mass is 32.2. The minimum atomic E-state index is -2.82. The molecule has 4 atom stereocenters. The van der Waals surface area contributed by atoms with E-state index in [4.69, 9.17) is 19.9 Å². The van der Waals surface area contributed by atoms with Crippen molar-refractivity contribution in [3.05, 3.63) is 188 Å². The lowest BCUT2D eigenvalue weighted by atomic mass is 9.99. The number of pyridine rings is 4. The Bertz CT molecular complexity index is 6500. The van der Waals surface area contributed by atoms with Crippen LogP contribution in [0.4, 0.5) is 35.1 Å². The Hall–Kier alpha value is -13.7. The van der Waals surface area contributed by atoms with Crippen molar-refractivity contribution in [2.24, 2.45) is 19.1 Å². The molecule has 0 radical (unpaired) electrons. The lowest BCUT2D eigenvalue weighted by molar-refractivity contribution is -0.140. The summed E-state index contributed by atoms with van der Waals surface area (Å²) < 4.78 is 129. The van der Waals surface area contributed by atoms with Gasteiger partial charge in [0.1, 0.15) is 58.9 Å². The van der Waals surface area contributed by atoms with E-state index in [2.05, 4.69) is 48.7 Å². The number of alkyl halides is 8. The monoisotopic (exact) mass is 1890 g/mol. The SMILES string of the molecule is C[C@@H]1C(=O)N(C)Cc2c(-c3cccc4nc(C5=NOC(=O)C5)c(C(F)F)cc34)nc(C3CC3)n21.C[C@@H]1C(=O)N(C)Cc2c(-c3cccc4nc(C5=NSC(=O)C5)c(C(F)F)cc34)nc(C3CC3)n21.C[C@H]1C(=O)N(C)Cc2c(-c3cccc4nc(C5=NOC(=O)C5)c(C(F)F)cc34)nc(C3CC3)n21.C[C@H]1C(=O)N(C)Cc2c(-c3cccc4nc(C5=NSC(=O)C5)c(C(F)F)cc34)nc(C3CC3)n21. The van der Waals surface area contributed by atoms with Gasteiger partial charge in [0.25, 0.3) is 25.7 Å². The van der Waals surface area contributed by atoms with E-state index in [1.54, 1.807) is 84.2 Å². The molecule has 8 aliphatic heterocycles. The molecule has 12 aromatic rings. The minimum Gasteiger partial charge on any atom is -0.338 e. The molecule has 40 heteroatoms. The van der Waals surface area contributed by atoms with E-state index in [1.807, 2.05) is 82.4 Å². The number of hydrogen-bond acceptors (Lipinski definition) is 24. The first-order valence-corrected chi connectivity index (χ1v) is 46.3. The molecule has 4 amide bonds. The summed E-state index contributed by atoms with van der Waals surface area (Å²) >= 11 is 1.55. The Morgan fingerprint density at radius 2 is 0.551 bits per heavy atom. The number of hydrogen-bond donors (Lipinski definition) is 0. The third kappa shape index (κ3) is 15.7. The number of nitrogens with zero attached hydrogens (tertiary/aromatic N) is 20. The van der Waals surface area contributed by atoms with E-state index in [-0.39, 0.29) is 152 Å². The van der Waals surface area contributed by atoms with Crippen LogP contribution in [0.3, 0.4) is 0 Å². The molecule has 0 unspecified atom stereocenters. The normalized spacial score (nSPS) is 20.3. The smallest absolute Gasteiger partial charge is 0.338 e. The van der Waals surface area contributed by atoms with E-state index in [1.165, 1.54) is 24.3 Å². The van der Waals surface area contributed by atoms with Crippen LogP contribution >= 0.6 is 23.9 Å². The van der Waals surface area contributed by atoms with Crippen molar-refractivity contribution >= 4 is 136 Å². The summed E-state index contributed by atoms with van der Waals surface area (Å²) in [6, 6.07) is 26.0. The molecule has 0 N–H and O–H groups in total. The molecule has 0 bridgehead atoms. The first-order valence-electron chi connectivity index (χ1n) is 44.7. The first-order chi connectivity index (χ1) is 65.3. The molecule has 0 saturated heterocycles. The zero-order chi connectivity index (χ0) is 94.9. The van der Waals surface area contributed by atoms with E-state index in [9.17, 15) is 73.5 Å². The predicted molar refractivity (Wildman–Crippen MR) is 486 cm³/mol. The largest absolute Gasteiger partial charge is 0.341 e. The molecule has 0 spiro atoms. The number of imidazole rings is 4. The molecule has 4 saturated carbocycles. The second-order valence-corrected chi connectivity index (χ2v) is 37.9. The van der Waals surface area contributed by atoms with Gasteiger partial charge in [-0.15, -0.1) is 0 Å². The predicted octanol–water partition coefficient (Wildman–Crippen LogP) is 17.8. The minimum absolute atomic E-state index is 0.0138. The molecular weight excluding hydrogens is 1810 g/mol. The van der Waals surface area contributed by atoms with Crippen molar-refractivity contribution < 1.29 is 83.2 Å². The molecule has 24 rings (SSSR count). The molecular formula is C96H84F8N20O10S2. The lowest BCUT2D eigenvalue weighted by Gasteiger charge is -2.31. The summed E-state index contributed by atoms with van der Waals surface area (Å²) in [6.07, 6.45) is -3.42. The Kier molecular flexibility index (Phi) is 22.4. The molecule has 16 heterocycles. The highest BCUT2D eigenvalue weighted by molar-refractivity contribution is 8.13. The number of carbonyl (C=O) groups excluding carboxylic acids is 8. The zero-order valence-corrected chi connectivity index (χ0v) is 76.0. The van der Waals surface area contributed by atoms with Gasteiger partial charge in [-0.25, -0.2) is 93.4 Å². The quantitative estimate of drug-likeness (QED) is 0.0492. The fourth-order valence-electron chi connectivity index (χ4n) is 19.6. The van der Waals surface area contributed by atoms with Gasteiger partial charge in [0.2, 0.25) is 33.9 Å². The number of amides is 4. The Morgan fingerprint density at radius 3 is 0.750 bits per heavy atom. The lowest BCUT2D eigenvalue weighted by Crippen LogP contribution is -2.39. The topological polar surface area (TPSA) is 340 Å². The standard InChI is InChI=1S/2C24H21F2N5O3.2C24H21F2N5O2S/c4*1-11-24(33)30(2)10-18-21(28-23(31(11)18)12-6-7-12)13-4-3-5-16-14(13)8-15(22(25)26)20(27-16)17-9-19(32)34-29-17/h4*3-5,8,11-12,22H,6-7,9-10H2,1-2H3/t4*11-/m1010/s1. The first kappa shape index (κ1) is 88.9. The number of halogens is 8. The molecule has 4 fully saturated rings. The van der Waals surface area contributed by atoms with Crippen molar-refractivity contribution in [1.82, 2.24) is 77.7 Å². The van der Waals surface area contributed by atoms with Gasteiger partial charge < -0.3 is 47.5 Å². The van der Waals surface area contributed by atoms with Crippen LogP contribution in [0.2, 0.25) is 0 Å². The van der Waals surface area contributed by atoms with E-state index in [0.717, 1.165) is 121 Å². The van der Waals surface area contributed by atoms with Crippen LogP contribution in [0.15, 0.2) is 116 Å². The van der Waals surface area contributed by atoms with E-state index >= 15 is 0 Å². The summed E-state index contributed by atoms with van der Waals surface area (Å²) in [7, 11) is 7.05. The van der Waals surface area contributed by atoms with Gasteiger partial charge in [-0.05, 0) is 128 Å². The fourth-order valence-corrected chi connectivity index (χ4v) is 20.7. The summed E-state index contributed by atoms with van der Waals surface area (Å²) in [5.74, 6) is 3.71. The van der Waals surface area contributed by atoms with Gasteiger partial charge in [-0.1, -0.05) is 58.8 Å². The number of aromatic nitrogens is 12.